The molecule has 7 nitrogen and oxygen atoms in total. The molecule has 86 valence electrons. The van der Waals surface area contributed by atoms with Gasteiger partial charge in [0.2, 0.25) is 5.91 Å². The third-order valence-electron chi connectivity index (χ3n) is 1.63. The number of carbonyl (C=O) groups is 2. The van der Waals surface area contributed by atoms with Gasteiger partial charge in [0.05, 0.1) is 11.6 Å². The van der Waals surface area contributed by atoms with Gasteiger partial charge in [0.15, 0.2) is 0 Å². The van der Waals surface area contributed by atoms with E-state index < -0.39 is 11.8 Å². The summed E-state index contributed by atoms with van der Waals surface area (Å²) in [6.07, 6.45) is 0. The Labute approximate surface area is 96.1 Å². The highest BCUT2D eigenvalue weighted by molar-refractivity contribution is 6.33. The van der Waals surface area contributed by atoms with Gasteiger partial charge in [-0.25, -0.2) is 10.8 Å². The number of amides is 2. The second-order valence-electron chi connectivity index (χ2n) is 2.82. The molecule has 0 spiro atoms. The molecule has 0 aliphatic heterocycles. The Morgan fingerprint density at radius 1 is 1.44 bits per heavy atom. The lowest BCUT2D eigenvalue weighted by molar-refractivity contribution is -0.117. The largest absolute Gasteiger partial charge is 0.368 e. The molecule has 0 aliphatic carbocycles. The number of carbonyl (C=O) groups excluding carboxylic acids is 2. The van der Waals surface area contributed by atoms with Crippen LogP contribution in [0.25, 0.3) is 0 Å². The maximum absolute atomic E-state index is 11.5. The van der Waals surface area contributed by atoms with Gasteiger partial charge in [-0.1, -0.05) is 11.6 Å². The SMILES string of the molecule is NNc1ccc(Cl)c(C(=O)NCC(N)=O)n1. The van der Waals surface area contributed by atoms with Gasteiger partial charge in [0.1, 0.15) is 11.5 Å². The Hall–Kier alpha value is -1.86. The highest BCUT2D eigenvalue weighted by atomic mass is 35.5. The van der Waals surface area contributed by atoms with Crippen molar-refractivity contribution in [3.63, 3.8) is 0 Å². The summed E-state index contributed by atoms with van der Waals surface area (Å²) in [5, 5.41) is 2.42. The van der Waals surface area contributed by atoms with Crippen molar-refractivity contribution in [1.82, 2.24) is 10.3 Å². The van der Waals surface area contributed by atoms with Crippen LogP contribution in [0, 0.1) is 0 Å². The van der Waals surface area contributed by atoms with Gasteiger partial charge in [0, 0.05) is 0 Å². The highest BCUT2D eigenvalue weighted by Crippen LogP contribution is 2.15. The number of pyridine rings is 1. The van der Waals surface area contributed by atoms with Crippen LogP contribution in [-0.4, -0.2) is 23.3 Å². The minimum Gasteiger partial charge on any atom is -0.368 e. The molecule has 0 unspecified atom stereocenters. The first-order valence-corrected chi connectivity index (χ1v) is 4.62. The van der Waals surface area contributed by atoms with Crippen LogP contribution < -0.4 is 22.3 Å². The summed E-state index contributed by atoms with van der Waals surface area (Å²) in [7, 11) is 0. The van der Waals surface area contributed by atoms with Crippen molar-refractivity contribution in [3.05, 3.63) is 22.8 Å². The monoisotopic (exact) mass is 243 g/mol. The van der Waals surface area contributed by atoms with E-state index in [1.807, 2.05) is 0 Å². The summed E-state index contributed by atoms with van der Waals surface area (Å²) < 4.78 is 0. The molecule has 0 fully saturated rings. The summed E-state index contributed by atoms with van der Waals surface area (Å²) in [6, 6.07) is 2.97. The quantitative estimate of drug-likeness (QED) is 0.409. The van der Waals surface area contributed by atoms with Crippen molar-refractivity contribution in [2.45, 2.75) is 0 Å². The number of anilines is 1. The van der Waals surface area contributed by atoms with Crippen molar-refractivity contribution < 1.29 is 9.59 Å². The fourth-order valence-electron chi connectivity index (χ4n) is 0.933. The topological polar surface area (TPSA) is 123 Å². The lowest BCUT2D eigenvalue weighted by Crippen LogP contribution is -2.34. The molecular weight excluding hydrogens is 234 g/mol. The zero-order valence-electron chi connectivity index (χ0n) is 8.16. The number of primary amides is 1. The van der Waals surface area contributed by atoms with E-state index in [0.717, 1.165) is 0 Å². The molecule has 6 N–H and O–H groups in total. The Morgan fingerprint density at radius 2 is 2.12 bits per heavy atom. The van der Waals surface area contributed by atoms with Gasteiger partial charge in [0.25, 0.3) is 5.91 Å². The second-order valence-corrected chi connectivity index (χ2v) is 3.23. The lowest BCUT2D eigenvalue weighted by Gasteiger charge is -2.06. The van der Waals surface area contributed by atoms with E-state index in [4.69, 9.17) is 23.2 Å². The first-order valence-electron chi connectivity index (χ1n) is 4.24. The first-order chi connectivity index (χ1) is 7.54. The van der Waals surface area contributed by atoms with Crippen LogP contribution in [0.4, 0.5) is 5.82 Å². The zero-order chi connectivity index (χ0) is 12.1. The number of hydrogen-bond acceptors (Lipinski definition) is 5. The molecule has 0 aliphatic rings. The van der Waals surface area contributed by atoms with Crippen LogP contribution in [0.15, 0.2) is 12.1 Å². The van der Waals surface area contributed by atoms with Crippen LogP contribution in [0.5, 0.6) is 0 Å². The lowest BCUT2D eigenvalue weighted by atomic mass is 10.3. The minimum atomic E-state index is -0.655. The maximum Gasteiger partial charge on any atom is 0.271 e. The fourth-order valence-corrected chi connectivity index (χ4v) is 1.12. The van der Waals surface area contributed by atoms with E-state index in [0.29, 0.717) is 0 Å². The predicted octanol–water partition coefficient (Wildman–Crippen LogP) is -0.764. The third kappa shape index (κ3) is 3.07. The van der Waals surface area contributed by atoms with E-state index in [1.165, 1.54) is 12.1 Å². The van der Waals surface area contributed by atoms with Crippen molar-refractivity contribution >= 4 is 29.2 Å². The minimum absolute atomic E-state index is 0.0293. The zero-order valence-corrected chi connectivity index (χ0v) is 8.91. The number of nitrogen functional groups attached to an aromatic ring is 1. The molecule has 0 saturated carbocycles. The third-order valence-corrected chi connectivity index (χ3v) is 1.94. The van der Waals surface area contributed by atoms with Gasteiger partial charge < -0.3 is 16.5 Å². The van der Waals surface area contributed by atoms with Gasteiger partial charge >= 0.3 is 0 Å². The smallest absolute Gasteiger partial charge is 0.271 e. The number of nitrogens with two attached hydrogens (primary N) is 2. The molecule has 1 aromatic rings. The molecular formula is C8H10ClN5O2. The molecule has 2 amide bonds. The Morgan fingerprint density at radius 3 is 2.69 bits per heavy atom. The summed E-state index contributed by atoms with van der Waals surface area (Å²) in [6.45, 7) is -0.281. The molecule has 16 heavy (non-hydrogen) atoms. The van der Waals surface area contributed by atoms with Crippen LogP contribution in [0.1, 0.15) is 10.5 Å². The average molecular weight is 244 g/mol. The normalized spacial score (nSPS) is 9.62. The van der Waals surface area contributed by atoms with Crippen LogP contribution >= 0.6 is 11.6 Å². The van der Waals surface area contributed by atoms with E-state index in [9.17, 15) is 9.59 Å². The van der Waals surface area contributed by atoms with Gasteiger partial charge in [-0.15, -0.1) is 0 Å². The molecule has 8 heteroatoms. The second kappa shape index (κ2) is 5.29. The van der Waals surface area contributed by atoms with Crippen molar-refractivity contribution in [3.8, 4) is 0 Å². The van der Waals surface area contributed by atoms with Gasteiger partial charge in [-0.2, -0.15) is 0 Å². The molecule has 0 saturated heterocycles. The average Bonchev–Trinajstić information content (AvgIpc) is 2.26. The highest BCUT2D eigenvalue weighted by Gasteiger charge is 2.13. The summed E-state index contributed by atoms with van der Waals surface area (Å²) in [4.78, 5) is 25.8. The molecule has 1 heterocycles. The van der Waals surface area contributed by atoms with E-state index in [-0.39, 0.29) is 23.1 Å². The van der Waals surface area contributed by atoms with Crippen LogP contribution in [0.3, 0.4) is 0 Å². The van der Waals surface area contributed by atoms with Crippen LogP contribution in [-0.2, 0) is 4.79 Å². The summed E-state index contributed by atoms with van der Waals surface area (Å²) in [5.41, 5.74) is 7.12. The summed E-state index contributed by atoms with van der Waals surface area (Å²) >= 11 is 5.76. The molecule has 0 radical (unpaired) electrons. The Balaban J connectivity index is 2.85. The summed E-state index contributed by atoms with van der Waals surface area (Å²) in [5.74, 6) is 4.16. The van der Waals surface area contributed by atoms with E-state index >= 15 is 0 Å². The number of halogens is 1. The number of hydrazine groups is 1. The van der Waals surface area contributed by atoms with Crippen molar-refractivity contribution in [2.75, 3.05) is 12.0 Å². The number of nitrogens with one attached hydrogen (secondary N) is 2. The Bertz CT molecular complexity index is 423. The van der Waals surface area contributed by atoms with E-state index in [2.05, 4.69) is 15.7 Å². The predicted molar refractivity (Wildman–Crippen MR) is 58.6 cm³/mol. The van der Waals surface area contributed by atoms with Crippen LogP contribution in [0.2, 0.25) is 5.02 Å². The molecule has 0 aromatic carbocycles. The maximum atomic E-state index is 11.5. The number of aromatic nitrogens is 1. The molecule has 1 aromatic heterocycles. The number of rotatable bonds is 4. The molecule has 0 atom stereocenters. The van der Waals surface area contributed by atoms with Gasteiger partial charge in [-0.3, -0.25) is 9.59 Å². The molecule has 1 rings (SSSR count). The van der Waals surface area contributed by atoms with Gasteiger partial charge in [-0.05, 0) is 12.1 Å². The fraction of sp³-hybridized carbons (Fsp3) is 0.125. The standard InChI is InChI=1S/C8H10ClN5O2/c9-4-1-2-6(14-11)13-7(4)8(16)12-3-5(10)15/h1-2H,3,11H2,(H2,10,15)(H,12,16)(H,13,14). The molecule has 0 bridgehead atoms. The number of nitrogens with zero attached hydrogens (tertiary/aromatic N) is 1. The van der Waals surface area contributed by atoms with Crippen molar-refractivity contribution in [1.29, 1.82) is 0 Å². The first kappa shape index (κ1) is 12.2. The van der Waals surface area contributed by atoms with E-state index in [1.54, 1.807) is 0 Å². The number of hydrogen-bond donors (Lipinski definition) is 4. The van der Waals surface area contributed by atoms with Crippen molar-refractivity contribution in [2.24, 2.45) is 11.6 Å². The Kier molecular flexibility index (Phi) is 4.03.